The van der Waals surface area contributed by atoms with Crippen LogP contribution in [-0.2, 0) is 4.79 Å². The Morgan fingerprint density at radius 3 is 2.62 bits per heavy atom. The first kappa shape index (κ1) is 14.8. The summed E-state index contributed by atoms with van der Waals surface area (Å²) in [4.78, 5) is 13.3. The monoisotopic (exact) mass is 221 g/mol. The highest BCUT2D eigenvalue weighted by Gasteiger charge is 2.16. The third-order valence-electron chi connectivity index (χ3n) is 2.33. The molecule has 0 N–H and O–H groups in total. The van der Waals surface area contributed by atoms with E-state index in [1.54, 1.807) is 6.08 Å². The molecule has 2 nitrogen and oxygen atoms in total. The summed E-state index contributed by atoms with van der Waals surface area (Å²) in [5.41, 5.74) is 1.12. The second kappa shape index (κ2) is 9.10. The van der Waals surface area contributed by atoms with Gasteiger partial charge in [-0.1, -0.05) is 45.2 Å². The summed E-state index contributed by atoms with van der Waals surface area (Å²) >= 11 is 0. The lowest BCUT2D eigenvalue weighted by atomic mass is 10.1. The molecule has 1 heterocycles. The number of allylic oxidation sites excluding steroid dienone is 2. The summed E-state index contributed by atoms with van der Waals surface area (Å²) < 4.78 is 0. The molecule has 0 aromatic carbocycles. The smallest absolute Gasteiger partial charge is 0.146 e. The molecule has 0 amide bonds. The molecule has 90 valence electrons. The minimum Gasteiger partial charge on any atom is -0.298 e. The third kappa shape index (κ3) is 5.66. The zero-order valence-corrected chi connectivity index (χ0v) is 10.5. The molecule has 0 atom stereocenters. The average molecular weight is 221 g/mol. The van der Waals surface area contributed by atoms with E-state index in [2.05, 4.69) is 18.1 Å². The first-order valence-corrected chi connectivity index (χ1v) is 5.94. The molecule has 16 heavy (non-hydrogen) atoms. The molecule has 0 saturated carbocycles. The Balaban J connectivity index is 0.00000106. The molecule has 1 fully saturated rings. The van der Waals surface area contributed by atoms with Crippen LogP contribution in [0.2, 0.25) is 0 Å². The van der Waals surface area contributed by atoms with Crippen molar-refractivity contribution < 1.29 is 4.79 Å². The molecule has 0 bridgehead atoms. The molecule has 1 saturated heterocycles. The van der Waals surface area contributed by atoms with Crippen LogP contribution in [0.15, 0.2) is 37.0 Å². The number of nitrogens with zero attached hydrogens (tertiary/aromatic N) is 1. The van der Waals surface area contributed by atoms with Gasteiger partial charge in [-0.05, 0) is 18.5 Å². The van der Waals surface area contributed by atoms with Gasteiger partial charge in [-0.3, -0.25) is 9.69 Å². The average Bonchev–Trinajstić information content (AvgIpc) is 2.31. The number of likely N-dealkylation sites (tertiary alicyclic amines) is 1. The molecule has 0 spiro atoms. The number of Topliss-reactive ketones (excluding diaryl/α,β-unsaturated/α-hetero) is 1. The van der Waals surface area contributed by atoms with Gasteiger partial charge in [-0.2, -0.15) is 0 Å². The highest BCUT2D eigenvalue weighted by Crippen LogP contribution is 2.08. The van der Waals surface area contributed by atoms with Gasteiger partial charge in [0.25, 0.3) is 0 Å². The number of carbonyl (C=O) groups excluding carboxylic acids is 1. The van der Waals surface area contributed by atoms with E-state index in [0.717, 1.165) is 31.5 Å². The molecule has 0 aromatic rings. The summed E-state index contributed by atoms with van der Waals surface area (Å²) in [6.07, 6.45) is 7.23. The maximum absolute atomic E-state index is 11.2. The van der Waals surface area contributed by atoms with Gasteiger partial charge in [-0.25, -0.2) is 0 Å². The number of ketones is 1. The van der Waals surface area contributed by atoms with Gasteiger partial charge < -0.3 is 0 Å². The van der Waals surface area contributed by atoms with E-state index in [1.165, 1.54) is 0 Å². The number of hydrogen-bond donors (Lipinski definition) is 0. The summed E-state index contributed by atoms with van der Waals surface area (Å²) in [7, 11) is 0. The minimum absolute atomic E-state index is 0.346. The molecule has 0 aliphatic carbocycles. The second-order valence-corrected chi connectivity index (χ2v) is 3.53. The second-order valence-electron chi connectivity index (χ2n) is 3.53. The summed E-state index contributed by atoms with van der Waals surface area (Å²) in [6, 6.07) is 0. The molecule has 0 aromatic heterocycles. The van der Waals surface area contributed by atoms with Crippen molar-refractivity contribution in [3.8, 4) is 0 Å². The molecular formula is C14H23NO. The van der Waals surface area contributed by atoms with E-state index in [9.17, 15) is 4.79 Å². The van der Waals surface area contributed by atoms with Crippen LogP contribution in [0.25, 0.3) is 0 Å². The molecular weight excluding hydrogens is 198 g/mol. The highest BCUT2D eigenvalue weighted by molar-refractivity contribution is 5.81. The maximum atomic E-state index is 11.2. The van der Waals surface area contributed by atoms with Gasteiger partial charge in [0.2, 0.25) is 0 Å². The van der Waals surface area contributed by atoms with Crippen molar-refractivity contribution in [2.45, 2.75) is 26.7 Å². The normalized spacial score (nSPS) is 17.4. The van der Waals surface area contributed by atoms with Gasteiger partial charge in [0.05, 0.1) is 6.54 Å². The predicted octanol–water partition coefficient (Wildman–Crippen LogP) is 2.98. The Morgan fingerprint density at radius 1 is 1.44 bits per heavy atom. The van der Waals surface area contributed by atoms with Gasteiger partial charge in [0, 0.05) is 13.0 Å². The van der Waals surface area contributed by atoms with Crippen molar-refractivity contribution in [2.75, 3.05) is 19.6 Å². The number of rotatable bonds is 4. The Bertz CT molecular complexity index is 266. The Kier molecular flexibility index (Phi) is 8.45. The van der Waals surface area contributed by atoms with E-state index in [0.29, 0.717) is 12.3 Å². The fraction of sp³-hybridized carbons (Fsp3) is 0.500. The van der Waals surface area contributed by atoms with E-state index in [1.807, 2.05) is 26.0 Å². The maximum Gasteiger partial charge on any atom is 0.146 e. The fourth-order valence-electron chi connectivity index (χ4n) is 1.64. The van der Waals surface area contributed by atoms with Crippen molar-refractivity contribution in [1.29, 1.82) is 0 Å². The van der Waals surface area contributed by atoms with Crippen molar-refractivity contribution >= 4 is 5.78 Å². The lowest BCUT2D eigenvalue weighted by Crippen LogP contribution is -2.36. The third-order valence-corrected chi connectivity index (χ3v) is 2.33. The number of hydrogen-bond acceptors (Lipinski definition) is 2. The lowest BCUT2D eigenvalue weighted by Gasteiger charge is -2.25. The summed E-state index contributed by atoms with van der Waals surface area (Å²) in [5.74, 6) is 0.346. The number of piperidine rings is 1. The predicted molar refractivity (Wildman–Crippen MR) is 70.5 cm³/mol. The van der Waals surface area contributed by atoms with Gasteiger partial charge in [0.15, 0.2) is 0 Å². The van der Waals surface area contributed by atoms with Crippen molar-refractivity contribution in [3.05, 3.63) is 37.0 Å². The number of carbonyl (C=O) groups is 1. The zero-order chi connectivity index (χ0) is 12.4. The van der Waals surface area contributed by atoms with Crippen molar-refractivity contribution in [1.82, 2.24) is 4.90 Å². The molecule has 1 rings (SSSR count). The topological polar surface area (TPSA) is 20.3 Å². The first-order chi connectivity index (χ1) is 7.76. The zero-order valence-electron chi connectivity index (χ0n) is 10.5. The van der Waals surface area contributed by atoms with E-state index in [-0.39, 0.29) is 0 Å². The van der Waals surface area contributed by atoms with Crippen LogP contribution < -0.4 is 0 Å². The van der Waals surface area contributed by atoms with Crippen molar-refractivity contribution in [2.24, 2.45) is 0 Å². The van der Waals surface area contributed by atoms with Crippen molar-refractivity contribution in [3.63, 3.8) is 0 Å². The molecule has 1 aliphatic heterocycles. The van der Waals surface area contributed by atoms with Gasteiger partial charge in [0.1, 0.15) is 5.78 Å². The van der Waals surface area contributed by atoms with Crippen LogP contribution in [0.3, 0.4) is 0 Å². The standard InChI is InChI=1S/C12H17NO.C2H6/c1-3-6-11(4-2)9-13-8-5-7-12(14)10-13;1-2/h3-4,6H,1-2,5,7-10H2;1-2H3/b11-6+;. The summed E-state index contributed by atoms with van der Waals surface area (Å²) in [6.45, 7) is 13.8. The fourth-order valence-corrected chi connectivity index (χ4v) is 1.64. The van der Waals surface area contributed by atoms with Gasteiger partial charge >= 0.3 is 0 Å². The van der Waals surface area contributed by atoms with E-state index >= 15 is 0 Å². The first-order valence-electron chi connectivity index (χ1n) is 5.94. The van der Waals surface area contributed by atoms with Crippen LogP contribution in [0.5, 0.6) is 0 Å². The largest absolute Gasteiger partial charge is 0.298 e. The Hall–Kier alpha value is -1.15. The van der Waals surface area contributed by atoms with Crippen LogP contribution in [0.4, 0.5) is 0 Å². The lowest BCUT2D eigenvalue weighted by molar-refractivity contribution is -0.121. The minimum atomic E-state index is 0.346. The van der Waals surface area contributed by atoms with Crippen LogP contribution in [0.1, 0.15) is 26.7 Å². The Morgan fingerprint density at radius 2 is 2.12 bits per heavy atom. The van der Waals surface area contributed by atoms with Crippen LogP contribution in [-0.4, -0.2) is 30.3 Å². The van der Waals surface area contributed by atoms with Gasteiger partial charge in [-0.15, -0.1) is 0 Å². The Labute approximate surface area is 99.3 Å². The molecule has 2 heteroatoms. The van der Waals surface area contributed by atoms with E-state index in [4.69, 9.17) is 0 Å². The molecule has 0 radical (unpaired) electrons. The van der Waals surface area contributed by atoms with E-state index < -0.39 is 0 Å². The molecule has 0 unspecified atom stereocenters. The van der Waals surface area contributed by atoms with Crippen LogP contribution >= 0.6 is 0 Å². The SMILES string of the molecule is C=C/C=C(\C=C)CN1CCCC(=O)C1.CC. The molecule has 1 aliphatic rings. The summed E-state index contributed by atoms with van der Waals surface area (Å²) in [5, 5.41) is 0. The quantitative estimate of drug-likeness (QED) is 0.680. The van der Waals surface area contributed by atoms with Crippen LogP contribution in [0, 0.1) is 0 Å². The highest BCUT2D eigenvalue weighted by atomic mass is 16.1.